The Morgan fingerprint density at radius 1 is 0.920 bits per heavy atom. The Hall–Kier alpha value is -3.02. The molecule has 0 fully saturated rings. The van der Waals surface area contributed by atoms with E-state index in [1.165, 1.54) is 0 Å². The molecule has 0 aliphatic rings. The average Bonchev–Trinajstić information content (AvgIpc) is 2.61. The highest BCUT2D eigenvalue weighted by atomic mass is 16.5. The zero-order valence-corrected chi connectivity index (χ0v) is 14.2. The van der Waals surface area contributed by atoms with Crippen molar-refractivity contribution in [1.82, 2.24) is 0 Å². The lowest BCUT2D eigenvalue weighted by molar-refractivity contribution is -0.137. The van der Waals surface area contributed by atoms with E-state index in [0.29, 0.717) is 17.2 Å². The van der Waals surface area contributed by atoms with E-state index in [4.69, 9.17) is 14.6 Å². The molecule has 2 aromatic carbocycles. The molecule has 0 spiro atoms. The topological polar surface area (TPSA) is 84.9 Å². The summed E-state index contributed by atoms with van der Waals surface area (Å²) in [5.74, 6) is -0.229. The van der Waals surface area contributed by atoms with E-state index >= 15 is 0 Å². The van der Waals surface area contributed by atoms with E-state index < -0.39 is 11.9 Å². The summed E-state index contributed by atoms with van der Waals surface area (Å²) in [6, 6.07) is 14.0. The normalized spacial score (nSPS) is 11.4. The fraction of sp³-hybridized carbons (Fsp3) is 0.263. The number of hydrogen-bond donors (Lipinski definition) is 2. The number of carboxylic acid groups (broad SMARTS) is 1. The molecule has 2 rings (SSSR count). The van der Waals surface area contributed by atoms with Gasteiger partial charge >= 0.3 is 5.97 Å². The Morgan fingerprint density at radius 2 is 1.44 bits per heavy atom. The Morgan fingerprint density at radius 3 is 1.92 bits per heavy atom. The summed E-state index contributed by atoms with van der Waals surface area (Å²) in [5, 5.41) is 11.9. The maximum absolute atomic E-state index is 12.3. The number of methoxy groups -OCH3 is 2. The first-order valence-corrected chi connectivity index (χ1v) is 7.81. The van der Waals surface area contributed by atoms with Crippen molar-refractivity contribution < 1.29 is 24.2 Å². The van der Waals surface area contributed by atoms with E-state index in [9.17, 15) is 9.59 Å². The van der Waals surface area contributed by atoms with Gasteiger partial charge in [-0.25, -0.2) is 0 Å². The monoisotopic (exact) mass is 343 g/mol. The van der Waals surface area contributed by atoms with Crippen LogP contribution in [0.25, 0.3) is 0 Å². The summed E-state index contributed by atoms with van der Waals surface area (Å²) in [5.41, 5.74) is 1.42. The Balaban J connectivity index is 2.06. The number of anilines is 1. The van der Waals surface area contributed by atoms with Crippen LogP contribution >= 0.6 is 0 Å². The van der Waals surface area contributed by atoms with E-state index in [-0.39, 0.29) is 18.7 Å². The molecule has 0 radical (unpaired) electrons. The fourth-order valence-corrected chi connectivity index (χ4v) is 2.50. The predicted octanol–water partition coefficient (Wildman–Crippen LogP) is 3.29. The van der Waals surface area contributed by atoms with Crippen molar-refractivity contribution in [3.63, 3.8) is 0 Å². The number of rotatable bonds is 8. The van der Waals surface area contributed by atoms with Crippen LogP contribution in [0.1, 0.15) is 24.3 Å². The second-order valence-electron chi connectivity index (χ2n) is 5.55. The van der Waals surface area contributed by atoms with E-state index in [0.717, 1.165) is 5.56 Å². The SMILES string of the molecule is COc1ccc(NC(=O)C[C@H](CC(=O)O)c2ccc(OC)cc2)cc1. The Kier molecular flexibility index (Phi) is 6.39. The lowest BCUT2D eigenvalue weighted by Gasteiger charge is -2.16. The first kappa shape index (κ1) is 18.3. The van der Waals surface area contributed by atoms with Crippen molar-refractivity contribution in [3.05, 3.63) is 54.1 Å². The van der Waals surface area contributed by atoms with Crippen LogP contribution in [0.5, 0.6) is 11.5 Å². The second-order valence-corrected chi connectivity index (χ2v) is 5.55. The molecule has 132 valence electrons. The maximum Gasteiger partial charge on any atom is 0.303 e. The van der Waals surface area contributed by atoms with Crippen molar-refractivity contribution in [2.45, 2.75) is 18.8 Å². The van der Waals surface area contributed by atoms with Gasteiger partial charge in [0, 0.05) is 18.0 Å². The second kappa shape index (κ2) is 8.73. The van der Waals surface area contributed by atoms with Gasteiger partial charge < -0.3 is 19.9 Å². The zero-order chi connectivity index (χ0) is 18.2. The highest BCUT2D eigenvalue weighted by Gasteiger charge is 2.19. The Bertz CT molecular complexity index is 710. The third kappa shape index (κ3) is 5.53. The van der Waals surface area contributed by atoms with E-state index in [2.05, 4.69) is 5.32 Å². The molecule has 0 saturated carbocycles. The molecule has 0 bridgehead atoms. The summed E-state index contributed by atoms with van der Waals surface area (Å²) in [6.07, 6.45) is -0.0486. The first-order chi connectivity index (χ1) is 12.0. The van der Waals surface area contributed by atoms with Gasteiger partial charge in [0.15, 0.2) is 0 Å². The lowest BCUT2D eigenvalue weighted by atomic mass is 9.92. The third-order valence-electron chi connectivity index (χ3n) is 3.81. The van der Waals surface area contributed by atoms with Crippen molar-refractivity contribution in [2.24, 2.45) is 0 Å². The number of carboxylic acids is 1. The van der Waals surface area contributed by atoms with Gasteiger partial charge in [-0.15, -0.1) is 0 Å². The van der Waals surface area contributed by atoms with Gasteiger partial charge in [0.2, 0.25) is 5.91 Å². The molecule has 0 heterocycles. The molecule has 0 aromatic heterocycles. The molecule has 6 heteroatoms. The first-order valence-electron chi connectivity index (χ1n) is 7.81. The summed E-state index contributed by atoms with van der Waals surface area (Å²) >= 11 is 0. The number of nitrogens with one attached hydrogen (secondary N) is 1. The molecule has 25 heavy (non-hydrogen) atoms. The summed E-state index contributed by atoms with van der Waals surface area (Å²) in [6.45, 7) is 0. The largest absolute Gasteiger partial charge is 0.497 e. The number of hydrogen-bond acceptors (Lipinski definition) is 4. The van der Waals surface area contributed by atoms with Crippen molar-refractivity contribution >= 4 is 17.6 Å². The molecule has 1 atom stereocenters. The number of aliphatic carboxylic acids is 1. The molecule has 2 aromatic rings. The van der Waals surface area contributed by atoms with Gasteiger partial charge in [-0.05, 0) is 42.0 Å². The van der Waals surface area contributed by atoms with E-state index in [1.807, 2.05) is 0 Å². The van der Waals surface area contributed by atoms with Crippen LogP contribution in [-0.4, -0.2) is 31.2 Å². The number of carbonyl (C=O) groups is 2. The van der Waals surface area contributed by atoms with E-state index in [1.54, 1.807) is 62.8 Å². The van der Waals surface area contributed by atoms with Gasteiger partial charge in [0.25, 0.3) is 0 Å². The molecular weight excluding hydrogens is 322 g/mol. The maximum atomic E-state index is 12.3. The van der Waals surface area contributed by atoms with Gasteiger partial charge in [-0.3, -0.25) is 9.59 Å². The van der Waals surface area contributed by atoms with Crippen LogP contribution in [0.3, 0.4) is 0 Å². The van der Waals surface area contributed by atoms with Crippen molar-refractivity contribution in [2.75, 3.05) is 19.5 Å². The standard InChI is InChI=1S/C19H21NO5/c1-24-16-7-3-13(4-8-16)14(12-19(22)23)11-18(21)20-15-5-9-17(25-2)10-6-15/h3-10,14H,11-12H2,1-2H3,(H,20,21)(H,22,23)/t14-/m1/s1. The van der Waals surface area contributed by atoms with Crippen LogP contribution in [0.2, 0.25) is 0 Å². The highest BCUT2D eigenvalue weighted by Crippen LogP contribution is 2.26. The van der Waals surface area contributed by atoms with Crippen LogP contribution in [0.15, 0.2) is 48.5 Å². The minimum absolute atomic E-state index is 0.0741. The van der Waals surface area contributed by atoms with Gasteiger partial charge in [0.05, 0.1) is 20.6 Å². The van der Waals surface area contributed by atoms with Crippen LogP contribution in [0, 0.1) is 0 Å². The van der Waals surface area contributed by atoms with Crippen molar-refractivity contribution in [1.29, 1.82) is 0 Å². The van der Waals surface area contributed by atoms with Gasteiger partial charge in [-0.2, -0.15) is 0 Å². The number of benzene rings is 2. The zero-order valence-electron chi connectivity index (χ0n) is 14.2. The van der Waals surface area contributed by atoms with Crippen LogP contribution in [0.4, 0.5) is 5.69 Å². The number of ether oxygens (including phenoxy) is 2. The Labute approximate surface area is 146 Å². The number of amides is 1. The smallest absolute Gasteiger partial charge is 0.303 e. The molecule has 0 unspecified atom stereocenters. The molecule has 6 nitrogen and oxygen atoms in total. The molecule has 2 N–H and O–H groups in total. The highest BCUT2D eigenvalue weighted by molar-refractivity contribution is 5.91. The molecule has 0 saturated heterocycles. The summed E-state index contributed by atoms with van der Waals surface area (Å²) in [4.78, 5) is 23.4. The van der Waals surface area contributed by atoms with Crippen LogP contribution < -0.4 is 14.8 Å². The number of carbonyl (C=O) groups excluding carboxylic acids is 1. The van der Waals surface area contributed by atoms with Gasteiger partial charge in [-0.1, -0.05) is 12.1 Å². The molecule has 0 aliphatic heterocycles. The lowest BCUT2D eigenvalue weighted by Crippen LogP contribution is -2.17. The fourth-order valence-electron chi connectivity index (χ4n) is 2.50. The summed E-state index contributed by atoms with van der Waals surface area (Å²) in [7, 11) is 3.13. The third-order valence-corrected chi connectivity index (χ3v) is 3.81. The molecular formula is C19H21NO5. The van der Waals surface area contributed by atoms with Gasteiger partial charge in [0.1, 0.15) is 11.5 Å². The minimum Gasteiger partial charge on any atom is -0.497 e. The quantitative estimate of drug-likeness (QED) is 0.768. The average molecular weight is 343 g/mol. The molecule has 1 amide bonds. The van der Waals surface area contributed by atoms with Crippen molar-refractivity contribution in [3.8, 4) is 11.5 Å². The summed E-state index contributed by atoms with van der Waals surface area (Å²) < 4.78 is 10.2. The predicted molar refractivity (Wildman–Crippen MR) is 94.2 cm³/mol. The molecule has 0 aliphatic carbocycles. The van der Waals surface area contributed by atoms with Crippen LogP contribution in [-0.2, 0) is 9.59 Å². The minimum atomic E-state index is -0.946.